The summed E-state index contributed by atoms with van der Waals surface area (Å²) in [6.45, 7) is 10.1. The molecule has 0 saturated heterocycles. The molecule has 242 valence electrons. The lowest BCUT2D eigenvalue weighted by atomic mass is 9.98. The predicted molar refractivity (Wildman–Crippen MR) is 178 cm³/mol. The van der Waals surface area contributed by atoms with Crippen LogP contribution in [-0.2, 0) is 24.2 Å². The molecule has 4 rings (SSSR count). The van der Waals surface area contributed by atoms with Crippen molar-refractivity contribution in [2.24, 2.45) is 0 Å². The predicted octanol–water partition coefficient (Wildman–Crippen LogP) is 5.88. The summed E-state index contributed by atoms with van der Waals surface area (Å²) in [6.07, 6.45) is 6.37. The third kappa shape index (κ3) is 7.85. The van der Waals surface area contributed by atoms with Crippen molar-refractivity contribution < 1.29 is 18.4 Å². The fraction of sp³-hybridized carbons (Fsp3) is 0.314. The lowest BCUT2D eigenvalue weighted by Crippen LogP contribution is -2.31. The first-order valence-corrected chi connectivity index (χ1v) is 15.1. The first-order valence-electron chi connectivity index (χ1n) is 15.1. The van der Waals surface area contributed by atoms with Crippen molar-refractivity contribution in [1.82, 2.24) is 30.3 Å². The summed E-state index contributed by atoms with van der Waals surface area (Å²) in [4.78, 5) is 23.4. The molecule has 0 aliphatic carbocycles. The Morgan fingerprint density at radius 2 is 1.91 bits per heavy atom. The molecule has 0 radical (unpaired) electrons. The molecule has 2 aromatic heterocycles. The van der Waals surface area contributed by atoms with Crippen molar-refractivity contribution in [2.75, 3.05) is 21.2 Å². The van der Waals surface area contributed by atoms with E-state index in [4.69, 9.17) is 19.0 Å². The monoisotopic (exact) mass is 628 g/mol. The largest absolute Gasteiger partial charge is 0.480 e. The molecule has 0 aliphatic heterocycles. The van der Waals surface area contributed by atoms with Gasteiger partial charge in [0.25, 0.3) is 5.56 Å². The van der Waals surface area contributed by atoms with E-state index in [2.05, 4.69) is 27.4 Å². The summed E-state index contributed by atoms with van der Waals surface area (Å²) >= 11 is 0. The molecule has 2 N–H and O–H groups in total. The van der Waals surface area contributed by atoms with Crippen molar-refractivity contribution in [1.29, 1.82) is 0 Å². The van der Waals surface area contributed by atoms with Gasteiger partial charge in [-0.2, -0.15) is 4.98 Å². The fourth-order valence-electron chi connectivity index (χ4n) is 4.99. The number of ether oxygens (including phenoxy) is 2. The van der Waals surface area contributed by atoms with Gasteiger partial charge in [0.1, 0.15) is 17.9 Å². The quantitative estimate of drug-likeness (QED) is 0.0945. The summed E-state index contributed by atoms with van der Waals surface area (Å²) in [5.41, 5.74) is 3.67. The highest BCUT2D eigenvalue weighted by atomic mass is 19.1. The zero-order valence-corrected chi connectivity index (χ0v) is 27.2. The van der Waals surface area contributed by atoms with E-state index >= 15 is 4.39 Å². The second-order valence-corrected chi connectivity index (χ2v) is 10.6. The zero-order chi connectivity index (χ0) is 33.2. The normalized spacial score (nSPS) is 12.7. The zero-order valence-electron chi connectivity index (χ0n) is 27.2. The molecule has 0 fully saturated rings. The van der Waals surface area contributed by atoms with E-state index in [1.54, 1.807) is 35.9 Å². The maximum absolute atomic E-state index is 15.9. The molecular weight excluding hydrogens is 587 g/mol. The molecule has 46 heavy (non-hydrogen) atoms. The van der Waals surface area contributed by atoms with E-state index < -0.39 is 5.82 Å². The summed E-state index contributed by atoms with van der Waals surface area (Å²) in [5.74, 6) is 1.12. The summed E-state index contributed by atoms with van der Waals surface area (Å²) in [5, 5.41) is 10.1. The van der Waals surface area contributed by atoms with E-state index in [0.717, 1.165) is 12.0 Å². The molecule has 0 spiro atoms. The molecule has 0 saturated carbocycles. The van der Waals surface area contributed by atoms with Crippen LogP contribution < -0.4 is 20.9 Å². The molecule has 2 aromatic carbocycles. The van der Waals surface area contributed by atoms with Gasteiger partial charge in [0.05, 0.1) is 30.7 Å². The van der Waals surface area contributed by atoms with E-state index in [1.807, 2.05) is 58.2 Å². The highest BCUT2D eigenvalue weighted by molar-refractivity contribution is 5.80. The van der Waals surface area contributed by atoms with Crippen molar-refractivity contribution in [3.63, 3.8) is 0 Å². The molecule has 1 atom stereocenters. The van der Waals surface area contributed by atoms with E-state index in [9.17, 15) is 4.79 Å². The number of aryl methyl sites for hydroxylation is 1. The fourth-order valence-corrected chi connectivity index (χ4v) is 4.99. The van der Waals surface area contributed by atoms with Gasteiger partial charge < -0.3 is 14.8 Å². The van der Waals surface area contributed by atoms with Crippen LogP contribution in [0.25, 0.3) is 28.1 Å². The highest BCUT2D eigenvalue weighted by Crippen LogP contribution is 2.32. The number of hydrogen-bond acceptors (Lipinski definition) is 9. The van der Waals surface area contributed by atoms with Gasteiger partial charge in [0, 0.05) is 24.1 Å². The number of methoxy groups -OCH3 is 1. The second kappa shape index (κ2) is 15.9. The first kappa shape index (κ1) is 34.0. The third-order valence-corrected chi connectivity index (χ3v) is 7.36. The number of nitrogens with zero attached hydrogens (tertiary/aromatic N) is 4. The molecule has 0 bridgehead atoms. The molecule has 11 heteroatoms. The Morgan fingerprint density at radius 3 is 2.54 bits per heavy atom. The van der Waals surface area contributed by atoms with Gasteiger partial charge in [0.15, 0.2) is 0 Å². The van der Waals surface area contributed by atoms with Crippen LogP contribution in [-0.4, -0.2) is 47.1 Å². The Morgan fingerprint density at radius 1 is 1.15 bits per heavy atom. The van der Waals surface area contributed by atoms with Crippen LogP contribution in [0.15, 0.2) is 82.3 Å². The molecule has 0 aliphatic rings. The number of allylic oxidation sites excluding steroid dienone is 5. The Balaban J connectivity index is 1.77. The average molecular weight is 629 g/mol. The topological polar surface area (TPSA) is 116 Å². The maximum atomic E-state index is 15.9. The number of halogens is 1. The Kier molecular flexibility index (Phi) is 11.8. The van der Waals surface area contributed by atoms with Gasteiger partial charge in [-0.1, -0.05) is 67.2 Å². The summed E-state index contributed by atoms with van der Waals surface area (Å²) in [7, 11) is 5.05. The number of aromatic nitrogens is 4. The minimum absolute atomic E-state index is 0.00584. The molecule has 0 amide bonds. The van der Waals surface area contributed by atoms with Crippen LogP contribution >= 0.6 is 0 Å². The molecule has 1 unspecified atom stereocenters. The van der Waals surface area contributed by atoms with Crippen molar-refractivity contribution in [3.8, 4) is 28.6 Å². The number of benzene rings is 2. The van der Waals surface area contributed by atoms with Crippen LogP contribution in [0, 0.1) is 5.82 Å². The lowest BCUT2D eigenvalue weighted by Gasteiger charge is -2.18. The number of rotatable bonds is 15. The number of hydrogen-bond donors (Lipinski definition) is 2. The average Bonchev–Trinajstić information content (AvgIpc) is 3.54. The van der Waals surface area contributed by atoms with Gasteiger partial charge in [-0.15, -0.1) is 0 Å². The summed E-state index contributed by atoms with van der Waals surface area (Å²) in [6, 6.07) is 12.3. The molecule has 10 nitrogen and oxygen atoms in total. The smallest absolute Gasteiger partial charge is 0.417 e. The van der Waals surface area contributed by atoms with Crippen LogP contribution in [0.1, 0.15) is 49.8 Å². The van der Waals surface area contributed by atoms with E-state index in [0.29, 0.717) is 63.9 Å². The lowest BCUT2D eigenvalue weighted by molar-refractivity contribution is 0.111. The molecular formula is C35H41FN6O4. The van der Waals surface area contributed by atoms with Gasteiger partial charge >= 0.3 is 6.08 Å². The van der Waals surface area contributed by atoms with Gasteiger partial charge in [0.2, 0.25) is 5.82 Å². The Bertz CT molecular complexity index is 1790. The Labute approximate surface area is 268 Å². The van der Waals surface area contributed by atoms with Crippen LogP contribution in [0.2, 0.25) is 0 Å². The second-order valence-electron chi connectivity index (χ2n) is 10.6. The van der Waals surface area contributed by atoms with Gasteiger partial charge in [-0.05, 0) is 63.2 Å². The molecule has 4 aromatic rings. The Hall–Kier alpha value is -4.87. The first-order chi connectivity index (χ1) is 22.2. The minimum atomic E-state index is -0.456. The van der Waals surface area contributed by atoms with Crippen molar-refractivity contribution in [3.05, 3.63) is 112 Å². The summed E-state index contributed by atoms with van der Waals surface area (Å²) < 4.78 is 33.3. The SMILES string of the molecule is C=C/C(=C\C=C(/C)OC(C)NC)c1c(CNC)nc(CCC)n(Cc2ccc(-c3ccccc3-c3noc(OC)n3)cc2F)c1=O. The van der Waals surface area contributed by atoms with Crippen LogP contribution in [0.3, 0.4) is 0 Å². The van der Waals surface area contributed by atoms with Crippen molar-refractivity contribution in [2.45, 2.75) is 52.9 Å². The highest BCUT2D eigenvalue weighted by Gasteiger charge is 2.20. The van der Waals surface area contributed by atoms with Crippen molar-refractivity contribution >= 4 is 5.57 Å². The minimum Gasteiger partial charge on any atom is -0.480 e. The maximum Gasteiger partial charge on any atom is 0.417 e. The standard InChI is InChI=1S/C35H41FN6O4/c1-8-12-31-39-30(20-37-5)32(24(9-2)16-15-22(3)45-23(4)38-6)34(43)42(31)21-26-18-17-25(19-29(26)36)27-13-10-11-14-28(27)33-40-35(44-7)46-41-33/h9-11,13-19,23,37-38H,2,8,12,20-21H2,1,3-7H3/b22-15+,24-16+. The van der Waals surface area contributed by atoms with E-state index in [1.165, 1.54) is 13.2 Å². The third-order valence-electron chi connectivity index (χ3n) is 7.36. The van der Waals surface area contributed by atoms with Gasteiger partial charge in [-0.3, -0.25) is 19.2 Å². The van der Waals surface area contributed by atoms with E-state index in [-0.39, 0.29) is 24.4 Å². The van der Waals surface area contributed by atoms with Gasteiger partial charge in [-0.25, -0.2) is 9.37 Å². The van der Waals surface area contributed by atoms with Crippen LogP contribution in [0.4, 0.5) is 4.39 Å². The number of nitrogens with one attached hydrogen (secondary N) is 2. The van der Waals surface area contributed by atoms with Crippen LogP contribution in [0.5, 0.6) is 6.08 Å². The molecule has 2 heterocycles.